The minimum atomic E-state index is -0.0182. The molecule has 0 radical (unpaired) electrons. The lowest BCUT2D eigenvalue weighted by atomic mass is 10.1. The molecule has 0 aromatic heterocycles. The highest BCUT2D eigenvalue weighted by Crippen LogP contribution is 2.22. The smallest absolute Gasteiger partial charge is 0.246 e. The lowest BCUT2D eigenvalue weighted by molar-refractivity contribution is -0.131. The van der Waals surface area contributed by atoms with Gasteiger partial charge in [0.15, 0.2) is 0 Å². The highest BCUT2D eigenvalue weighted by atomic mass is 32.2. The first-order valence-electron chi connectivity index (χ1n) is 6.76. The number of carbonyl (C=O) groups excluding carboxylic acids is 2. The molecular formula is C15H20N2O2S. The summed E-state index contributed by atoms with van der Waals surface area (Å²) in [5, 5.41) is 0. The van der Waals surface area contributed by atoms with Gasteiger partial charge in [-0.2, -0.15) is 0 Å². The molecule has 0 saturated carbocycles. The van der Waals surface area contributed by atoms with Crippen LogP contribution in [0.1, 0.15) is 18.1 Å². The van der Waals surface area contributed by atoms with E-state index in [0.29, 0.717) is 18.2 Å². The number of rotatable bonds is 4. The minimum Gasteiger partial charge on any atom is -0.323 e. The number of hydrogen-bond acceptors (Lipinski definition) is 3. The number of likely N-dealkylation sites (N-methyl/N-ethyl adjacent to an activating group) is 1. The van der Waals surface area contributed by atoms with Gasteiger partial charge in [-0.1, -0.05) is 17.7 Å². The molecule has 0 atom stereocenters. The van der Waals surface area contributed by atoms with E-state index in [1.165, 1.54) is 5.56 Å². The summed E-state index contributed by atoms with van der Waals surface area (Å²) in [4.78, 5) is 27.4. The van der Waals surface area contributed by atoms with Crippen molar-refractivity contribution in [1.29, 1.82) is 0 Å². The van der Waals surface area contributed by atoms with E-state index in [2.05, 4.69) is 6.07 Å². The van der Waals surface area contributed by atoms with E-state index in [4.69, 9.17) is 0 Å². The molecule has 1 aromatic carbocycles. The van der Waals surface area contributed by atoms with Crippen LogP contribution < -0.4 is 4.90 Å². The van der Waals surface area contributed by atoms with Crippen molar-refractivity contribution in [2.75, 3.05) is 29.6 Å². The molecule has 0 N–H and O–H groups in total. The van der Waals surface area contributed by atoms with Crippen LogP contribution in [0.4, 0.5) is 5.69 Å². The van der Waals surface area contributed by atoms with Gasteiger partial charge >= 0.3 is 0 Å². The third-order valence-corrected chi connectivity index (χ3v) is 4.36. The van der Waals surface area contributed by atoms with E-state index in [9.17, 15) is 9.59 Å². The van der Waals surface area contributed by atoms with Gasteiger partial charge in [-0.05, 0) is 32.4 Å². The first-order chi connectivity index (χ1) is 9.52. The van der Waals surface area contributed by atoms with Gasteiger partial charge < -0.3 is 9.80 Å². The molecule has 1 saturated heterocycles. The molecule has 1 fully saturated rings. The van der Waals surface area contributed by atoms with E-state index in [1.54, 1.807) is 21.6 Å². The van der Waals surface area contributed by atoms with Crippen molar-refractivity contribution in [1.82, 2.24) is 4.90 Å². The van der Waals surface area contributed by atoms with Gasteiger partial charge in [-0.3, -0.25) is 9.59 Å². The summed E-state index contributed by atoms with van der Waals surface area (Å²) in [5.74, 6) is 1.15. The van der Waals surface area contributed by atoms with E-state index in [1.807, 2.05) is 32.9 Å². The second-order valence-corrected chi connectivity index (χ2v) is 5.95. The van der Waals surface area contributed by atoms with Gasteiger partial charge in [0.1, 0.15) is 6.54 Å². The van der Waals surface area contributed by atoms with E-state index < -0.39 is 0 Å². The SMILES string of the molecule is CCN(C(=O)CN1CSCC1=O)c1ccc(C)cc1C. The summed E-state index contributed by atoms with van der Waals surface area (Å²) >= 11 is 1.56. The first-order valence-corrected chi connectivity index (χ1v) is 7.91. The molecule has 5 heteroatoms. The fourth-order valence-corrected chi connectivity index (χ4v) is 3.28. The van der Waals surface area contributed by atoms with Gasteiger partial charge in [0, 0.05) is 12.2 Å². The van der Waals surface area contributed by atoms with E-state index in [0.717, 1.165) is 11.3 Å². The Kier molecular flexibility index (Phi) is 4.70. The fraction of sp³-hybridized carbons (Fsp3) is 0.467. The van der Waals surface area contributed by atoms with Crippen LogP contribution in [0.3, 0.4) is 0 Å². The Labute approximate surface area is 124 Å². The number of thioether (sulfide) groups is 1. The Balaban J connectivity index is 2.14. The number of nitrogens with zero attached hydrogens (tertiary/aromatic N) is 2. The van der Waals surface area contributed by atoms with Crippen LogP contribution >= 0.6 is 11.8 Å². The molecule has 108 valence electrons. The van der Waals surface area contributed by atoms with Crippen molar-refractivity contribution in [2.24, 2.45) is 0 Å². The zero-order chi connectivity index (χ0) is 14.7. The summed E-state index contributed by atoms with van der Waals surface area (Å²) in [6.07, 6.45) is 0. The fourth-order valence-electron chi connectivity index (χ4n) is 2.38. The average Bonchev–Trinajstić information content (AvgIpc) is 2.78. The van der Waals surface area contributed by atoms with E-state index >= 15 is 0 Å². The molecule has 20 heavy (non-hydrogen) atoms. The highest BCUT2D eigenvalue weighted by Gasteiger charge is 2.25. The number of aryl methyl sites for hydroxylation is 2. The number of amides is 2. The molecule has 1 aromatic rings. The van der Waals surface area contributed by atoms with Crippen molar-refractivity contribution in [3.8, 4) is 0 Å². The van der Waals surface area contributed by atoms with Crippen molar-refractivity contribution in [3.05, 3.63) is 29.3 Å². The maximum Gasteiger partial charge on any atom is 0.246 e. The topological polar surface area (TPSA) is 40.6 Å². The lowest BCUT2D eigenvalue weighted by Gasteiger charge is -2.25. The zero-order valence-electron chi connectivity index (χ0n) is 12.2. The van der Waals surface area contributed by atoms with Crippen LogP contribution in [0.2, 0.25) is 0 Å². The second-order valence-electron chi connectivity index (χ2n) is 5.00. The molecular weight excluding hydrogens is 272 g/mol. The summed E-state index contributed by atoms with van der Waals surface area (Å²) in [7, 11) is 0. The quantitative estimate of drug-likeness (QED) is 0.854. The summed E-state index contributed by atoms with van der Waals surface area (Å²) < 4.78 is 0. The van der Waals surface area contributed by atoms with Gasteiger partial charge in [-0.25, -0.2) is 0 Å². The highest BCUT2D eigenvalue weighted by molar-refractivity contribution is 8.00. The summed E-state index contributed by atoms with van der Waals surface area (Å²) in [6, 6.07) is 6.06. The van der Waals surface area contributed by atoms with Crippen molar-refractivity contribution >= 4 is 29.3 Å². The number of benzene rings is 1. The van der Waals surface area contributed by atoms with Crippen LogP contribution in [-0.2, 0) is 9.59 Å². The molecule has 2 rings (SSSR count). The van der Waals surface area contributed by atoms with Gasteiger partial charge in [0.25, 0.3) is 0 Å². The normalized spacial score (nSPS) is 14.8. The van der Waals surface area contributed by atoms with Crippen LogP contribution in [-0.4, -0.2) is 41.4 Å². The number of carbonyl (C=O) groups is 2. The van der Waals surface area contributed by atoms with Gasteiger partial charge in [-0.15, -0.1) is 11.8 Å². The van der Waals surface area contributed by atoms with Gasteiger partial charge in [0.2, 0.25) is 11.8 Å². The Morgan fingerprint density at radius 3 is 2.70 bits per heavy atom. The van der Waals surface area contributed by atoms with E-state index in [-0.39, 0.29) is 18.4 Å². The molecule has 1 heterocycles. The molecule has 2 amide bonds. The monoisotopic (exact) mass is 292 g/mol. The van der Waals surface area contributed by atoms with Gasteiger partial charge in [0.05, 0.1) is 11.6 Å². The standard InChI is InChI=1S/C15H20N2O2S/c1-4-17(13-6-5-11(2)7-12(13)3)14(18)8-16-10-20-9-15(16)19/h5-7H,4,8-10H2,1-3H3. The molecule has 0 unspecified atom stereocenters. The Bertz CT molecular complexity index is 531. The Hall–Kier alpha value is -1.49. The Morgan fingerprint density at radius 1 is 1.40 bits per heavy atom. The third-order valence-electron chi connectivity index (χ3n) is 3.41. The van der Waals surface area contributed by atoms with Crippen molar-refractivity contribution in [3.63, 3.8) is 0 Å². The third kappa shape index (κ3) is 3.15. The molecule has 0 aliphatic carbocycles. The lowest BCUT2D eigenvalue weighted by Crippen LogP contribution is -2.41. The molecule has 0 bridgehead atoms. The predicted octanol–water partition coefficient (Wildman–Crippen LogP) is 2.19. The summed E-state index contributed by atoms with van der Waals surface area (Å²) in [5.41, 5.74) is 3.20. The Morgan fingerprint density at radius 2 is 2.15 bits per heavy atom. The average molecular weight is 292 g/mol. The number of hydrogen-bond donors (Lipinski definition) is 0. The maximum atomic E-state index is 12.4. The van der Waals surface area contributed by atoms with Crippen LogP contribution in [0.5, 0.6) is 0 Å². The molecule has 1 aliphatic rings. The minimum absolute atomic E-state index is 0.0182. The van der Waals surface area contributed by atoms with Crippen molar-refractivity contribution < 1.29 is 9.59 Å². The number of anilines is 1. The first kappa shape index (κ1) is 14.9. The van der Waals surface area contributed by atoms with Crippen molar-refractivity contribution in [2.45, 2.75) is 20.8 Å². The van der Waals surface area contributed by atoms with Crippen LogP contribution in [0.25, 0.3) is 0 Å². The van der Waals surface area contributed by atoms with Crippen LogP contribution in [0.15, 0.2) is 18.2 Å². The predicted molar refractivity (Wildman–Crippen MR) is 83.0 cm³/mol. The largest absolute Gasteiger partial charge is 0.323 e. The molecule has 4 nitrogen and oxygen atoms in total. The molecule has 1 aliphatic heterocycles. The van der Waals surface area contributed by atoms with Crippen LogP contribution in [0, 0.1) is 13.8 Å². The second kappa shape index (κ2) is 6.31. The maximum absolute atomic E-state index is 12.4. The summed E-state index contributed by atoms with van der Waals surface area (Å²) in [6.45, 7) is 6.78. The molecule has 0 spiro atoms. The zero-order valence-corrected chi connectivity index (χ0v) is 13.0.